The number of ether oxygens (including phenoxy) is 1. The number of alkyl halides is 1. The zero-order valence-electron chi connectivity index (χ0n) is 15.7. The fourth-order valence-corrected chi connectivity index (χ4v) is 4.48. The van der Waals surface area contributed by atoms with Gasteiger partial charge in [0.1, 0.15) is 0 Å². The smallest absolute Gasteiger partial charge is 0.358 e. The second kappa shape index (κ2) is 6.61. The summed E-state index contributed by atoms with van der Waals surface area (Å²) in [7, 11) is 1.35. The van der Waals surface area contributed by atoms with Gasteiger partial charge in [-0.15, -0.1) is 0 Å². The molecule has 3 aromatic carbocycles. The number of aromatic nitrogens is 2. The van der Waals surface area contributed by atoms with E-state index in [0.29, 0.717) is 0 Å². The molecule has 0 aliphatic heterocycles. The molecule has 29 heavy (non-hydrogen) atoms. The van der Waals surface area contributed by atoms with Gasteiger partial charge >= 0.3 is 5.97 Å². The Labute approximate surface area is 173 Å². The second-order valence-electron chi connectivity index (χ2n) is 6.90. The molecule has 0 saturated carbocycles. The van der Waals surface area contributed by atoms with Crippen LogP contribution >= 0.6 is 11.6 Å². The SMILES string of the molecule is COC(=O)c1cc(-c2ccccc2)n(C2(Cl)c3ccccc3-c3ccccc32)n1. The number of hydrogen-bond acceptors (Lipinski definition) is 3. The predicted molar refractivity (Wildman–Crippen MR) is 113 cm³/mol. The van der Waals surface area contributed by atoms with Crippen LogP contribution in [0.2, 0.25) is 0 Å². The molecule has 0 amide bonds. The summed E-state index contributed by atoms with van der Waals surface area (Å²) < 4.78 is 6.65. The lowest BCUT2D eigenvalue weighted by atomic mass is 10.0. The number of carbonyl (C=O) groups excluding carboxylic acids is 1. The topological polar surface area (TPSA) is 44.1 Å². The summed E-state index contributed by atoms with van der Waals surface area (Å²) in [6, 6.07) is 27.6. The number of hydrogen-bond donors (Lipinski definition) is 0. The monoisotopic (exact) mass is 400 g/mol. The van der Waals surface area contributed by atoms with Gasteiger partial charge in [0.25, 0.3) is 0 Å². The van der Waals surface area contributed by atoms with E-state index in [4.69, 9.17) is 16.3 Å². The van der Waals surface area contributed by atoms with Gasteiger partial charge in [-0.2, -0.15) is 5.10 Å². The van der Waals surface area contributed by atoms with Gasteiger partial charge in [0.15, 0.2) is 10.7 Å². The minimum absolute atomic E-state index is 0.216. The van der Waals surface area contributed by atoms with Gasteiger partial charge in [0.2, 0.25) is 0 Å². The lowest BCUT2D eigenvalue weighted by Crippen LogP contribution is -2.30. The van der Waals surface area contributed by atoms with Crippen LogP contribution in [-0.4, -0.2) is 22.9 Å². The van der Waals surface area contributed by atoms with E-state index in [1.807, 2.05) is 66.7 Å². The molecule has 142 valence electrons. The van der Waals surface area contributed by atoms with Gasteiger partial charge < -0.3 is 4.74 Å². The van der Waals surface area contributed by atoms with Crippen molar-refractivity contribution in [1.82, 2.24) is 9.78 Å². The molecule has 5 rings (SSSR count). The van der Waals surface area contributed by atoms with E-state index in [2.05, 4.69) is 17.2 Å². The summed E-state index contributed by atoms with van der Waals surface area (Å²) in [5.74, 6) is -0.499. The summed E-state index contributed by atoms with van der Waals surface area (Å²) in [4.78, 5) is 11.2. The van der Waals surface area contributed by atoms with Crippen molar-refractivity contribution in [3.8, 4) is 22.4 Å². The Morgan fingerprint density at radius 3 is 2.03 bits per heavy atom. The Balaban J connectivity index is 1.84. The van der Waals surface area contributed by atoms with Crippen molar-refractivity contribution in [2.75, 3.05) is 7.11 Å². The maximum Gasteiger partial charge on any atom is 0.358 e. The van der Waals surface area contributed by atoms with Crippen molar-refractivity contribution in [3.63, 3.8) is 0 Å². The molecule has 0 N–H and O–H groups in total. The van der Waals surface area contributed by atoms with Crippen molar-refractivity contribution in [1.29, 1.82) is 0 Å². The Hall–Kier alpha value is -3.37. The van der Waals surface area contributed by atoms with Crippen LogP contribution in [0.3, 0.4) is 0 Å². The van der Waals surface area contributed by atoms with E-state index in [1.165, 1.54) is 7.11 Å². The molecule has 1 aliphatic carbocycles. The number of carbonyl (C=O) groups is 1. The van der Waals surface area contributed by atoms with Gasteiger partial charge in [-0.3, -0.25) is 0 Å². The molecule has 0 unspecified atom stereocenters. The third kappa shape index (κ3) is 2.53. The van der Waals surface area contributed by atoms with E-state index in [-0.39, 0.29) is 5.69 Å². The van der Waals surface area contributed by atoms with Gasteiger partial charge in [-0.1, -0.05) is 90.5 Å². The number of fused-ring (bicyclic) bond motifs is 3. The van der Waals surface area contributed by atoms with Crippen molar-refractivity contribution in [2.24, 2.45) is 0 Å². The summed E-state index contributed by atoms with van der Waals surface area (Å²) in [6.45, 7) is 0. The summed E-state index contributed by atoms with van der Waals surface area (Å²) in [5.41, 5.74) is 5.86. The van der Waals surface area contributed by atoms with E-state index in [9.17, 15) is 4.79 Å². The number of halogens is 1. The molecule has 5 heteroatoms. The molecular formula is C24H17ClN2O2. The summed E-state index contributed by atoms with van der Waals surface area (Å²) in [6.07, 6.45) is 0. The zero-order valence-corrected chi connectivity index (χ0v) is 16.4. The number of esters is 1. The van der Waals surface area contributed by atoms with Crippen LogP contribution in [-0.2, 0) is 9.73 Å². The minimum Gasteiger partial charge on any atom is -0.464 e. The maximum absolute atomic E-state index is 12.3. The number of nitrogens with zero attached hydrogens (tertiary/aromatic N) is 2. The van der Waals surface area contributed by atoms with Crippen LogP contribution < -0.4 is 0 Å². The first-order valence-electron chi connectivity index (χ1n) is 9.27. The minimum atomic E-state index is -1.08. The number of methoxy groups -OCH3 is 1. The molecule has 4 aromatic rings. The Morgan fingerprint density at radius 2 is 1.45 bits per heavy atom. The highest BCUT2D eigenvalue weighted by molar-refractivity contribution is 6.28. The molecule has 4 nitrogen and oxygen atoms in total. The van der Waals surface area contributed by atoms with Crippen LogP contribution in [0.1, 0.15) is 21.6 Å². The van der Waals surface area contributed by atoms with E-state index in [1.54, 1.807) is 10.7 Å². The van der Waals surface area contributed by atoms with Crippen molar-refractivity contribution < 1.29 is 9.53 Å². The van der Waals surface area contributed by atoms with Gasteiger partial charge in [0, 0.05) is 11.1 Å². The maximum atomic E-state index is 12.3. The molecule has 1 aliphatic rings. The fourth-order valence-electron chi connectivity index (χ4n) is 4.02. The Bertz CT molecular complexity index is 1190. The normalized spacial score (nSPS) is 13.6. The first-order valence-corrected chi connectivity index (χ1v) is 9.65. The van der Waals surface area contributed by atoms with Crippen LogP contribution in [0.25, 0.3) is 22.4 Å². The van der Waals surface area contributed by atoms with Crippen LogP contribution in [0.15, 0.2) is 84.9 Å². The van der Waals surface area contributed by atoms with Crippen LogP contribution in [0, 0.1) is 0 Å². The van der Waals surface area contributed by atoms with Crippen molar-refractivity contribution >= 4 is 17.6 Å². The molecule has 0 atom stereocenters. The molecule has 0 saturated heterocycles. The molecule has 0 radical (unpaired) electrons. The third-order valence-corrected chi connectivity index (χ3v) is 5.89. The third-order valence-electron chi connectivity index (χ3n) is 5.32. The van der Waals surface area contributed by atoms with Crippen molar-refractivity contribution in [3.05, 3.63) is 102 Å². The van der Waals surface area contributed by atoms with Gasteiger partial charge in [-0.05, 0) is 22.8 Å². The highest BCUT2D eigenvalue weighted by Crippen LogP contribution is 2.53. The highest BCUT2D eigenvalue weighted by Gasteiger charge is 2.45. The first-order chi connectivity index (χ1) is 14.1. The summed E-state index contributed by atoms with van der Waals surface area (Å²) in [5, 5.41) is 4.62. The molecule has 1 heterocycles. The standard InChI is InChI=1S/C24H17ClN2O2/c1-29-23(28)21-15-22(16-9-3-2-4-10-16)27(26-21)24(25)19-13-7-5-11-17(19)18-12-6-8-14-20(18)24/h2-15H,1H3. The first kappa shape index (κ1) is 17.7. The average molecular weight is 401 g/mol. The molecule has 0 spiro atoms. The largest absolute Gasteiger partial charge is 0.464 e. The zero-order chi connectivity index (χ0) is 20.0. The Morgan fingerprint density at radius 1 is 0.897 bits per heavy atom. The second-order valence-corrected chi connectivity index (χ2v) is 7.44. The number of rotatable bonds is 3. The average Bonchev–Trinajstić information content (AvgIpc) is 3.34. The summed E-state index contributed by atoms with van der Waals surface area (Å²) >= 11 is 7.42. The van der Waals surface area contributed by atoms with Crippen LogP contribution in [0.5, 0.6) is 0 Å². The van der Waals surface area contributed by atoms with Crippen LogP contribution in [0.4, 0.5) is 0 Å². The predicted octanol–water partition coefficient (Wildman–Crippen LogP) is 5.31. The molecule has 0 fully saturated rings. The molecular weight excluding hydrogens is 384 g/mol. The van der Waals surface area contributed by atoms with Gasteiger partial charge in [0.05, 0.1) is 12.8 Å². The Kier molecular flexibility index (Phi) is 4.03. The van der Waals surface area contributed by atoms with E-state index in [0.717, 1.165) is 33.5 Å². The lowest BCUT2D eigenvalue weighted by Gasteiger charge is -2.27. The lowest BCUT2D eigenvalue weighted by molar-refractivity contribution is 0.0592. The van der Waals surface area contributed by atoms with Gasteiger partial charge in [-0.25, -0.2) is 9.48 Å². The molecule has 0 bridgehead atoms. The van der Waals surface area contributed by atoms with E-state index >= 15 is 0 Å². The van der Waals surface area contributed by atoms with Crippen molar-refractivity contribution in [2.45, 2.75) is 5.00 Å². The number of benzene rings is 3. The van der Waals surface area contributed by atoms with E-state index < -0.39 is 11.0 Å². The highest BCUT2D eigenvalue weighted by atomic mass is 35.5. The molecule has 1 aromatic heterocycles. The quantitative estimate of drug-likeness (QED) is 0.346. The fraction of sp³-hybridized carbons (Fsp3) is 0.0833.